The molecule has 1 aromatic carbocycles. The number of anilines is 1. The van der Waals surface area contributed by atoms with E-state index in [1.54, 1.807) is 12.1 Å². The molecule has 5 heteroatoms. The minimum atomic E-state index is -0.171. The summed E-state index contributed by atoms with van der Waals surface area (Å²) in [4.78, 5) is 10.8. The summed E-state index contributed by atoms with van der Waals surface area (Å²) in [5.41, 5.74) is 2.20. The van der Waals surface area contributed by atoms with E-state index in [0.29, 0.717) is 0 Å². The van der Waals surface area contributed by atoms with Crippen LogP contribution in [-0.2, 0) is 0 Å². The predicted molar refractivity (Wildman–Crippen MR) is 83.0 cm³/mol. The zero-order valence-electron chi connectivity index (χ0n) is 12.5. The molecule has 0 unspecified atom stereocenters. The highest BCUT2D eigenvalue weighted by atomic mass is 19.1. The fraction of sp³-hybridized carbons (Fsp3) is 0.375. The predicted octanol–water partition coefficient (Wildman–Crippen LogP) is 2.33. The average molecular weight is 288 g/mol. The number of aryl methyl sites for hydroxylation is 2. The first kappa shape index (κ1) is 15.4. The molecule has 0 aliphatic carbocycles. The van der Waals surface area contributed by atoms with Crippen LogP contribution in [-0.4, -0.2) is 36.1 Å². The van der Waals surface area contributed by atoms with Crippen molar-refractivity contribution in [1.29, 1.82) is 0 Å². The standard InChI is InChI=1S/C9H14N4.C7H7F/c1-8-6-11-9(12-7-8)13-4-2-10-3-5-13;1-6-2-4-7(8)5-3-6/h6-7,10H,2-5H2,1H3;2-5H,1H3. The molecule has 2 heterocycles. The van der Waals surface area contributed by atoms with E-state index in [0.717, 1.165) is 43.3 Å². The topological polar surface area (TPSA) is 41.1 Å². The molecule has 0 atom stereocenters. The maximum Gasteiger partial charge on any atom is 0.225 e. The van der Waals surface area contributed by atoms with Crippen molar-refractivity contribution < 1.29 is 4.39 Å². The first-order valence-corrected chi connectivity index (χ1v) is 7.11. The number of hydrogen-bond donors (Lipinski definition) is 1. The highest BCUT2D eigenvalue weighted by Crippen LogP contribution is 2.06. The molecule has 0 spiro atoms. The maximum absolute atomic E-state index is 12.1. The summed E-state index contributed by atoms with van der Waals surface area (Å²) in [6.45, 7) is 7.99. The zero-order chi connectivity index (χ0) is 15.1. The fourth-order valence-electron chi connectivity index (χ4n) is 1.95. The van der Waals surface area contributed by atoms with E-state index in [-0.39, 0.29) is 5.82 Å². The third-order valence-corrected chi connectivity index (χ3v) is 3.18. The van der Waals surface area contributed by atoms with Gasteiger partial charge in [-0.25, -0.2) is 14.4 Å². The largest absolute Gasteiger partial charge is 0.338 e. The molecule has 1 saturated heterocycles. The first-order chi connectivity index (χ1) is 10.1. The highest BCUT2D eigenvalue weighted by molar-refractivity contribution is 5.30. The van der Waals surface area contributed by atoms with Gasteiger partial charge in [-0.3, -0.25) is 0 Å². The second kappa shape index (κ2) is 7.69. The van der Waals surface area contributed by atoms with Crippen molar-refractivity contribution in [3.05, 3.63) is 53.6 Å². The van der Waals surface area contributed by atoms with Gasteiger partial charge in [-0.2, -0.15) is 0 Å². The Labute approximate surface area is 125 Å². The summed E-state index contributed by atoms with van der Waals surface area (Å²) in [6.07, 6.45) is 3.73. The van der Waals surface area contributed by atoms with Gasteiger partial charge in [0.15, 0.2) is 0 Å². The number of aromatic nitrogens is 2. The summed E-state index contributed by atoms with van der Waals surface area (Å²) in [5, 5.41) is 3.30. The highest BCUT2D eigenvalue weighted by Gasteiger charge is 2.11. The van der Waals surface area contributed by atoms with Gasteiger partial charge in [0.2, 0.25) is 5.95 Å². The van der Waals surface area contributed by atoms with Crippen molar-refractivity contribution in [1.82, 2.24) is 15.3 Å². The summed E-state index contributed by atoms with van der Waals surface area (Å²) >= 11 is 0. The van der Waals surface area contributed by atoms with Gasteiger partial charge in [-0.1, -0.05) is 17.7 Å². The molecule has 1 fully saturated rings. The molecule has 4 nitrogen and oxygen atoms in total. The molecular weight excluding hydrogens is 267 g/mol. The molecule has 112 valence electrons. The number of benzene rings is 1. The Morgan fingerprint density at radius 3 is 2.05 bits per heavy atom. The molecule has 0 amide bonds. The lowest BCUT2D eigenvalue weighted by Crippen LogP contribution is -2.44. The minimum absolute atomic E-state index is 0.171. The third-order valence-electron chi connectivity index (χ3n) is 3.18. The Kier molecular flexibility index (Phi) is 5.63. The second-order valence-corrected chi connectivity index (χ2v) is 5.09. The van der Waals surface area contributed by atoms with Gasteiger partial charge in [0.1, 0.15) is 5.82 Å². The van der Waals surface area contributed by atoms with E-state index in [9.17, 15) is 4.39 Å². The Bertz CT molecular complexity index is 512. The van der Waals surface area contributed by atoms with Crippen molar-refractivity contribution in [2.24, 2.45) is 0 Å². The van der Waals surface area contributed by atoms with Crippen LogP contribution < -0.4 is 10.2 Å². The van der Waals surface area contributed by atoms with Crippen molar-refractivity contribution in [2.75, 3.05) is 31.1 Å². The Balaban J connectivity index is 0.000000173. The average Bonchev–Trinajstić information content (AvgIpc) is 2.52. The van der Waals surface area contributed by atoms with Gasteiger partial charge in [0.25, 0.3) is 0 Å². The first-order valence-electron chi connectivity index (χ1n) is 7.11. The van der Waals surface area contributed by atoms with Crippen molar-refractivity contribution >= 4 is 5.95 Å². The van der Waals surface area contributed by atoms with Crippen LogP contribution in [0, 0.1) is 19.7 Å². The number of piperazine rings is 1. The summed E-state index contributed by atoms with van der Waals surface area (Å²) in [5.74, 6) is 0.683. The van der Waals surface area contributed by atoms with Crippen LogP contribution in [0.3, 0.4) is 0 Å². The molecule has 2 aromatic rings. The number of nitrogens with one attached hydrogen (secondary N) is 1. The number of rotatable bonds is 1. The van der Waals surface area contributed by atoms with E-state index >= 15 is 0 Å². The summed E-state index contributed by atoms with van der Waals surface area (Å²) < 4.78 is 12.1. The molecular formula is C16H21FN4. The molecule has 1 aliphatic rings. The van der Waals surface area contributed by atoms with E-state index in [2.05, 4.69) is 20.2 Å². The molecule has 1 N–H and O–H groups in total. The van der Waals surface area contributed by atoms with Gasteiger partial charge in [-0.15, -0.1) is 0 Å². The summed E-state index contributed by atoms with van der Waals surface area (Å²) in [6, 6.07) is 6.40. The van der Waals surface area contributed by atoms with Crippen LogP contribution >= 0.6 is 0 Å². The van der Waals surface area contributed by atoms with Gasteiger partial charge in [-0.05, 0) is 31.5 Å². The van der Waals surface area contributed by atoms with Gasteiger partial charge in [0.05, 0.1) is 0 Å². The van der Waals surface area contributed by atoms with Crippen LogP contribution in [0.1, 0.15) is 11.1 Å². The zero-order valence-corrected chi connectivity index (χ0v) is 12.5. The Morgan fingerprint density at radius 1 is 0.952 bits per heavy atom. The van der Waals surface area contributed by atoms with Crippen LogP contribution in [0.2, 0.25) is 0 Å². The van der Waals surface area contributed by atoms with Gasteiger partial charge in [0, 0.05) is 38.6 Å². The van der Waals surface area contributed by atoms with E-state index in [4.69, 9.17) is 0 Å². The number of halogens is 1. The second-order valence-electron chi connectivity index (χ2n) is 5.09. The fourth-order valence-corrected chi connectivity index (χ4v) is 1.95. The quantitative estimate of drug-likeness (QED) is 0.874. The van der Waals surface area contributed by atoms with Gasteiger partial charge < -0.3 is 10.2 Å². The minimum Gasteiger partial charge on any atom is -0.338 e. The lowest BCUT2D eigenvalue weighted by atomic mass is 10.2. The molecule has 0 radical (unpaired) electrons. The number of hydrogen-bond acceptors (Lipinski definition) is 4. The van der Waals surface area contributed by atoms with Crippen molar-refractivity contribution in [3.63, 3.8) is 0 Å². The SMILES string of the molecule is Cc1ccc(F)cc1.Cc1cnc(N2CCNCC2)nc1. The Hall–Kier alpha value is -2.01. The van der Waals surface area contributed by atoms with E-state index in [1.807, 2.05) is 26.2 Å². The number of nitrogens with zero attached hydrogens (tertiary/aromatic N) is 3. The summed E-state index contributed by atoms with van der Waals surface area (Å²) in [7, 11) is 0. The van der Waals surface area contributed by atoms with Crippen molar-refractivity contribution in [3.8, 4) is 0 Å². The van der Waals surface area contributed by atoms with E-state index < -0.39 is 0 Å². The molecule has 0 bridgehead atoms. The third kappa shape index (κ3) is 5.11. The smallest absolute Gasteiger partial charge is 0.225 e. The van der Waals surface area contributed by atoms with Crippen LogP contribution in [0.25, 0.3) is 0 Å². The van der Waals surface area contributed by atoms with Crippen LogP contribution in [0.4, 0.5) is 10.3 Å². The lowest BCUT2D eigenvalue weighted by Gasteiger charge is -2.27. The van der Waals surface area contributed by atoms with Gasteiger partial charge >= 0.3 is 0 Å². The molecule has 1 aromatic heterocycles. The molecule has 21 heavy (non-hydrogen) atoms. The maximum atomic E-state index is 12.1. The monoisotopic (exact) mass is 288 g/mol. The van der Waals surface area contributed by atoms with Crippen LogP contribution in [0.15, 0.2) is 36.7 Å². The van der Waals surface area contributed by atoms with E-state index in [1.165, 1.54) is 12.1 Å². The molecule has 1 aliphatic heterocycles. The molecule has 3 rings (SSSR count). The normalized spacial score (nSPS) is 14.3. The Morgan fingerprint density at radius 2 is 1.52 bits per heavy atom. The van der Waals surface area contributed by atoms with Crippen molar-refractivity contribution in [2.45, 2.75) is 13.8 Å². The van der Waals surface area contributed by atoms with Crippen LogP contribution in [0.5, 0.6) is 0 Å². The lowest BCUT2D eigenvalue weighted by molar-refractivity contribution is 0.579. The molecule has 0 saturated carbocycles.